The van der Waals surface area contributed by atoms with Crippen LogP contribution in [0.5, 0.6) is 0 Å². The molecule has 0 radical (unpaired) electrons. The standard InChI is InChI=1S/C8H12N2OS/c9-7-10-6(11)8(12-7)4-2-1-3-5-8/h1-5H2,(H2,9,10,11). The summed E-state index contributed by atoms with van der Waals surface area (Å²) in [6.45, 7) is 0. The van der Waals surface area contributed by atoms with Crippen molar-refractivity contribution in [3.05, 3.63) is 0 Å². The second kappa shape index (κ2) is 2.76. The Balaban J connectivity index is 2.17. The second-order valence-corrected chi connectivity index (χ2v) is 4.82. The van der Waals surface area contributed by atoms with Gasteiger partial charge < -0.3 is 5.73 Å². The van der Waals surface area contributed by atoms with Crippen molar-refractivity contribution >= 4 is 22.8 Å². The minimum atomic E-state index is -0.248. The molecule has 4 heteroatoms. The monoisotopic (exact) mass is 184 g/mol. The quantitative estimate of drug-likeness (QED) is 0.617. The molecule has 66 valence electrons. The summed E-state index contributed by atoms with van der Waals surface area (Å²) >= 11 is 1.48. The molecule has 1 saturated carbocycles. The number of rotatable bonds is 0. The van der Waals surface area contributed by atoms with Crippen LogP contribution in [0.4, 0.5) is 0 Å². The SMILES string of the molecule is NC1=NC(=O)C2(CCCCC2)S1. The summed E-state index contributed by atoms with van der Waals surface area (Å²) in [6, 6.07) is 0. The van der Waals surface area contributed by atoms with Crippen molar-refractivity contribution in [2.45, 2.75) is 36.9 Å². The highest BCUT2D eigenvalue weighted by atomic mass is 32.2. The molecular weight excluding hydrogens is 172 g/mol. The van der Waals surface area contributed by atoms with Gasteiger partial charge in [0.2, 0.25) is 0 Å². The molecule has 2 rings (SSSR count). The zero-order chi connectivity index (χ0) is 8.60. The number of amides is 1. The van der Waals surface area contributed by atoms with E-state index >= 15 is 0 Å². The Labute approximate surface area is 75.8 Å². The van der Waals surface area contributed by atoms with Gasteiger partial charge in [-0.3, -0.25) is 4.79 Å². The average Bonchev–Trinajstić information content (AvgIpc) is 2.29. The third kappa shape index (κ3) is 1.14. The Hall–Kier alpha value is -0.510. The van der Waals surface area contributed by atoms with E-state index in [0.29, 0.717) is 5.17 Å². The number of amidine groups is 1. The Bertz CT molecular complexity index is 243. The van der Waals surface area contributed by atoms with Gasteiger partial charge in [0.15, 0.2) is 5.17 Å². The fourth-order valence-electron chi connectivity index (χ4n) is 1.91. The maximum atomic E-state index is 11.5. The van der Waals surface area contributed by atoms with Gasteiger partial charge in [0.1, 0.15) is 4.75 Å². The average molecular weight is 184 g/mol. The Morgan fingerprint density at radius 1 is 1.33 bits per heavy atom. The van der Waals surface area contributed by atoms with Crippen LogP contribution in [-0.4, -0.2) is 15.8 Å². The molecule has 1 heterocycles. The van der Waals surface area contributed by atoms with Crippen LogP contribution in [0.15, 0.2) is 4.99 Å². The fourth-order valence-corrected chi connectivity index (χ4v) is 3.06. The minimum absolute atomic E-state index is 0.00435. The van der Waals surface area contributed by atoms with Crippen LogP contribution in [0, 0.1) is 0 Å². The summed E-state index contributed by atoms with van der Waals surface area (Å²) in [5.41, 5.74) is 5.52. The number of hydrogen-bond acceptors (Lipinski definition) is 3. The van der Waals surface area contributed by atoms with Crippen LogP contribution in [0.1, 0.15) is 32.1 Å². The van der Waals surface area contributed by atoms with Crippen molar-refractivity contribution in [1.29, 1.82) is 0 Å². The van der Waals surface area contributed by atoms with E-state index in [1.807, 2.05) is 0 Å². The summed E-state index contributed by atoms with van der Waals surface area (Å²) in [4.78, 5) is 15.3. The van der Waals surface area contributed by atoms with Crippen LogP contribution < -0.4 is 5.73 Å². The summed E-state index contributed by atoms with van der Waals surface area (Å²) in [5, 5.41) is 0.460. The normalized spacial score (nSPS) is 27.7. The molecule has 0 atom stereocenters. The number of aliphatic imine (C=N–C) groups is 1. The number of nitrogens with zero attached hydrogens (tertiary/aromatic N) is 1. The highest BCUT2D eigenvalue weighted by Gasteiger charge is 2.45. The van der Waals surface area contributed by atoms with Crippen molar-refractivity contribution in [3.63, 3.8) is 0 Å². The van der Waals surface area contributed by atoms with Crippen molar-refractivity contribution < 1.29 is 4.79 Å². The number of hydrogen-bond donors (Lipinski definition) is 1. The lowest BCUT2D eigenvalue weighted by Gasteiger charge is -2.28. The molecular formula is C8H12N2OS. The molecule has 1 spiro atoms. The van der Waals surface area contributed by atoms with Crippen LogP contribution in [0.3, 0.4) is 0 Å². The Morgan fingerprint density at radius 2 is 2.00 bits per heavy atom. The van der Waals surface area contributed by atoms with Crippen molar-refractivity contribution in [2.24, 2.45) is 10.7 Å². The van der Waals surface area contributed by atoms with Gasteiger partial charge in [-0.1, -0.05) is 31.0 Å². The van der Waals surface area contributed by atoms with Crippen molar-refractivity contribution in [3.8, 4) is 0 Å². The third-order valence-corrected chi connectivity index (χ3v) is 3.84. The summed E-state index contributed by atoms with van der Waals surface area (Å²) < 4.78 is -0.248. The van der Waals surface area contributed by atoms with E-state index in [2.05, 4.69) is 4.99 Å². The Morgan fingerprint density at radius 3 is 2.50 bits per heavy atom. The van der Waals surface area contributed by atoms with Crippen LogP contribution in [0.25, 0.3) is 0 Å². The lowest BCUT2D eigenvalue weighted by Crippen LogP contribution is -2.33. The number of thioether (sulfide) groups is 1. The topological polar surface area (TPSA) is 55.4 Å². The molecule has 2 aliphatic rings. The number of carbonyl (C=O) groups excluding carboxylic acids is 1. The predicted octanol–water partition coefficient (Wildman–Crippen LogP) is 1.28. The highest BCUT2D eigenvalue weighted by molar-refractivity contribution is 8.16. The lowest BCUT2D eigenvalue weighted by molar-refractivity contribution is -0.120. The summed E-state index contributed by atoms with van der Waals surface area (Å²) in [6.07, 6.45) is 5.44. The molecule has 2 N–H and O–H groups in total. The van der Waals surface area contributed by atoms with E-state index in [4.69, 9.17) is 5.73 Å². The first kappa shape index (κ1) is 8.10. The van der Waals surface area contributed by atoms with Crippen molar-refractivity contribution in [1.82, 2.24) is 0 Å². The van der Waals surface area contributed by atoms with E-state index in [9.17, 15) is 4.79 Å². The van der Waals surface area contributed by atoms with E-state index in [1.165, 1.54) is 18.2 Å². The molecule has 0 unspecified atom stereocenters. The van der Waals surface area contributed by atoms with Crippen LogP contribution in [0.2, 0.25) is 0 Å². The molecule has 0 aromatic rings. The minimum Gasteiger partial charge on any atom is -0.378 e. The maximum absolute atomic E-state index is 11.5. The molecule has 0 aromatic carbocycles. The molecule has 1 aliphatic heterocycles. The first-order valence-corrected chi connectivity index (χ1v) is 5.12. The first-order valence-electron chi connectivity index (χ1n) is 4.31. The fraction of sp³-hybridized carbons (Fsp3) is 0.750. The van der Waals surface area contributed by atoms with E-state index in [-0.39, 0.29) is 10.7 Å². The van der Waals surface area contributed by atoms with E-state index in [0.717, 1.165) is 25.7 Å². The maximum Gasteiger partial charge on any atom is 0.264 e. The van der Waals surface area contributed by atoms with Crippen LogP contribution in [-0.2, 0) is 4.79 Å². The van der Waals surface area contributed by atoms with Gasteiger partial charge in [0.05, 0.1) is 0 Å². The molecule has 3 nitrogen and oxygen atoms in total. The van der Waals surface area contributed by atoms with Crippen LogP contribution >= 0.6 is 11.8 Å². The molecule has 1 aliphatic carbocycles. The smallest absolute Gasteiger partial charge is 0.264 e. The largest absolute Gasteiger partial charge is 0.378 e. The predicted molar refractivity (Wildman–Crippen MR) is 50.0 cm³/mol. The highest BCUT2D eigenvalue weighted by Crippen LogP contribution is 2.44. The summed E-state index contributed by atoms with van der Waals surface area (Å²) in [7, 11) is 0. The van der Waals surface area contributed by atoms with Gasteiger partial charge in [-0.15, -0.1) is 0 Å². The van der Waals surface area contributed by atoms with E-state index in [1.54, 1.807) is 0 Å². The first-order chi connectivity index (χ1) is 5.73. The van der Waals surface area contributed by atoms with Gasteiger partial charge in [-0.25, -0.2) is 0 Å². The zero-order valence-corrected chi connectivity index (χ0v) is 7.69. The van der Waals surface area contributed by atoms with Gasteiger partial charge in [0.25, 0.3) is 5.91 Å². The second-order valence-electron chi connectivity index (χ2n) is 3.41. The number of nitrogens with two attached hydrogens (primary N) is 1. The molecule has 0 saturated heterocycles. The molecule has 0 bridgehead atoms. The molecule has 12 heavy (non-hydrogen) atoms. The number of carbonyl (C=O) groups is 1. The molecule has 1 fully saturated rings. The Kier molecular flexibility index (Phi) is 1.87. The lowest BCUT2D eigenvalue weighted by atomic mass is 9.88. The van der Waals surface area contributed by atoms with Crippen molar-refractivity contribution in [2.75, 3.05) is 0 Å². The van der Waals surface area contributed by atoms with Gasteiger partial charge in [-0.05, 0) is 12.8 Å². The molecule has 0 aromatic heterocycles. The van der Waals surface area contributed by atoms with Gasteiger partial charge in [-0.2, -0.15) is 4.99 Å². The summed E-state index contributed by atoms with van der Waals surface area (Å²) in [5.74, 6) is 0.00435. The van der Waals surface area contributed by atoms with Gasteiger partial charge in [0, 0.05) is 0 Å². The zero-order valence-electron chi connectivity index (χ0n) is 6.88. The molecule has 1 amide bonds. The van der Waals surface area contributed by atoms with Gasteiger partial charge >= 0.3 is 0 Å². The van der Waals surface area contributed by atoms with E-state index < -0.39 is 0 Å². The third-order valence-electron chi connectivity index (χ3n) is 2.56.